The van der Waals surface area contributed by atoms with Crippen LogP contribution in [-0.4, -0.2) is 12.4 Å². The van der Waals surface area contributed by atoms with Gasteiger partial charge in [0.1, 0.15) is 34.2 Å². The van der Waals surface area contributed by atoms with Crippen molar-refractivity contribution in [3.63, 3.8) is 0 Å². The molecule has 35 heavy (non-hydrogen) atoms. The first kappa shape index (κ1) is 23.3. The van der Waals surface area contributed by atoms with Gasteiger partial charge in [-0.3, -0.25) is 4.79 Å². The molecule has 0 heterocycles. The van der Waals surface area contributed by atoms with E-state index in [1.807, 2.05) is 30.3 Å². The Balaban J connectivity index is 1.68. The SMILES string of the molecule is O=C(COC1=C([P+](c2ccccc2)(c2ccccc2)c2ccccc2)CCCC1)c1ccccc1. The summed E-state index contributed by atoms with van der Waals surface area (Å²) in [6.45, 7) is 0.0707. The summed E-state index contributed by atoms with van der Waals surface area (Å²) in [5.41, 5.74) is 0.695. The van der Waals surface area contributed by atoms with Crippen molar-refractivity contribution in [1.82, 2.24) is 0 Å². The molecule has 0 aliphatic heterocycles. The summed E-state index contributed by atoms with van der Waals surface area (Å²) < 4.78 is 6.44. The van der Waals surface area contributed by atoms with Crippen LogP contribution in [0.25, 0.3) is 0 Å². The largest absolute Gasteiger partial charge is 0.486 e. The fourth-order valence-electron chi connectivity index (χ4n) is 5.10. The molecule has 4 aromatic rings. The molecule has 2 nitrogen and oxygen atoms in total. The minimum Gasteiger partial charge on any atom is -0.486 e. The van der Waals surface area contributed by atoms with E-state index in [-0.39, 0.29) is 12.4 Å². The Labute approximate surface area is 208 Å². The zero-order valence-electron chi connectivity index (χ0n) is 19.8. The molecule has 1 aliphatic carbocycles. The molecule has 0 bridgehead atoms. The first-order valence-electron chi connectivity index (χ1n) is 12.3. The molecule has 1 aliphatic rings. The fraction of sp³-hybridized carbons (Fsp3) is 0.156. The lowest BCUT2D eigenvalue weighted by molar-refractivity contribution is 0.0849. The van der Waals surface area contributed by atoms with Crippen LogP contribution in [0.4, 0.5) is 0 Å². The van der Waals surface area contributed by atoms with Crippen LogP contribution in [-0.2, 0) is 4.74 Å². The van der Waals surface area contributed by atoms with Crippen LogP contribution < -0.4 is 15.9 Å². The average molecular weight is 478 g/mol. The third-order valence-corrected chi connectivity index (χ3v) is 11.2. The number of hydrogen-bond acceptors (Lipinski definition) is 2. The van der Waals surface area contributed by atoms with Gasteiger partial charge < -0.3 is 4.74 Å². The van der Waals surface area contributed by atoms with E-state index < -0.39 is 7.26 Å². The van der Waals surface area contributed by atoms with Gasteiger partial charge in [0.05, 0.1) is 0 Å². The van der Waals surface area contributed by atoms with Crippen molar-refractivity contribution >= 4 is 29.0 Å². The normalized spacial score (nSPS) is 13.9. The van der Waals surface area contributed by atoms with E-state index in [4.69, 9.17) is 4.74 Å². The van der Waals surface area contributed by atoms with E-state index in [1.54, 1.807) is 0 Å². The number of carbonyl (C=O) groups is 1. The Bertz CT molecular complexity index is 1190. The van der Waals surface area contributed by atoms with E-state index >= 15 is 0 Å². The molecule has 0 atom stereocenters. The molecule has 0 spiro atoms. The second-order valence-electron chi connectivity index (χ2n) is 8.83. The lowest BCUT2D eigenvalue weighted by Crippen LogP contribution is -2.34. The van der Waals surface area contributed by atoms with Crippen molar-refractivity contribution in [2.24, 2.45) is 0 Å². The number of allylic oxidation sites excluding steroid dienone is 2. The molecular formula is C32H30O2P+. The molecular weight excluding hydrogens is 447 g/mol. The Morgan fingerprint density at radius 2 is 1.03 bits per heavy atom. The molecule has 174 valence electrons. The van der Waals surface area contributed by atoms with Crippen LogP contribution in [0.5, 0.6) is 0 Å². The number of Topliss-reactive ketones (excluding diaryl/α,β-unsaturated/α-hetero) is 1. The van der Waals surface area contributed by atoms with Gasteiger partial charge in [0.25, 0.3) is 0 Å². The second-order valence-corrected chi connectivity index (χ2v) is 12.3. The fourth-order valence-corrected chi connectivity index (χ4v) is 9.83. The van der Waals surface area contributed by atoms with Gasteiger partial charge in [-0.15, -0.1) is 0 Å². The maximum absolute atomic E-state index is 12.9. The molecule has 0 saturated heterocycles. The Morgan fingerprint density at radius 1 is 0.600 bits per heavy atom. The molecule has 5 rings (SSSR count). The third-order valence-electron chi connectivity index (χ3n) is 6.70. The van der Waals surface area contributed by atoms with Crippen LogP contribution in [0.1, 0.15) is 36.0 Å². The zero-order valence-corrected chi connectivity index (χ0v) is 20.7. The van der Waals surface area contributed by atoms with Gasteiger partial charge in [-0.1, -0.05) is 84.9 Å². The number of rotatable bonds is 8. The lowest BCUT2D eigenvalue weighted by Gasteiger charge is -2.33. The molecule has 0 N–H and O–H groups in total. The minimum atomic E-state index is -2.17. The predicted molar refractivity (Wildman–Crippen MR) is 147 cm³/mol. The van der Waals surface area contributed by atoms with Crippen molar-refractivity contribution < 1.29 is 9.53 Å². The van der Waals surface area contributed by atoms with Crippen LogP contribution in [0.2, 0.25) is 0 Å². The monoisotopic (exact) mass is 477 g/mol. The summed E-state index contributed by atoms with van der Waals surface area (Å²) in [4.78, 5) is 12.9. The molecule has 3 heteroatoms. The van der Waals surface area contributed by atoms with E-state index in [0.717, 1.165) is 31.4 Å². The summed E-state index contributed by atoms with van der Waals surface area (Å²) in [7, 11) is -2.17. The first-order valence-corrected chi connectivity index (χ1v) is 14.1. The summed E-state index contributed by atoms with van der Waals surface area (Å²) in [5.74, 6) is 1.02. The van der Waals surface area contributed by atoms with Gasteiger partial charge in [-0.05, 0) is 49.2 Å². The van der Waals surface area contributed by atoms with E-state index in [9.17, 15) is 4.79 Å². The lowest BCUT2D eigenvalue weighted by atomic mass is 10.1. The highest BCUT2D eigenvalue weighted by Crippen LogP contribution is 2.66. The molecule has 0 aromatic heterocycles. The van der Waals surface area contributed by atoms with Crippen LogP contribution in [0.3, 0.4) is 0 Å². The molecule has 0 amide bonds. The van der Waals surface area contributed by atoms with Crippen molar-refractivity contribution in [3.8, 4) is 0 Å². The quantitative estimate of drug-likeness (QED) is 0.209. The van der Waals surface area contributed by atoms with Crippen molar-refractivity contribution in [2.45, 2.75) is 25.7 Å². The minimum absolute atomic E-state index is 0.0195. The van der Waals surface area contributed by atoms with Crippen molar-refractivity contribution in [1.29, 1.82) is 0 Å². The highest BCUT2D eigenvalue weighted by molar-refractivity contribution is 7.99. The van der Waals surface area contributed by atoms with Crippen molar-refractivity contribution in [3.05, 3.63) is 138 Å². The number of benzene rings is 4. The summed E-state index contributed by atoms with van der Waals surface area (Å²) in [5, 5.41) is 5.34. The van der Waals surface area contributed by atoms with Gasteiger partial charge in [0.15, 0.2) is 12.4 Å². The smallest absolute Gasteiger partial charge is 0.200 e. The third kappa shape index (κ3) is 4.72. The van der Waals surface area contributed by atoms with Crippen LogP contribution in [0.15, 0.2) is 132 Å². The highest BCUT2D eigenvalue weighted by Gasteiger charge is 2.51. The Morgan fingerprint density at radius 3 is 1.51 bits per heavy atom. The van der Waals surface area contributed by atoms with E-state index in [1.165, 1.54) is 21.2 Å². The van der Waals surface area contributed by atoms with Crippen LogP contribution in [0, 0.1) is 0 Å². The first-order chi connectivity index (χ1) is 17.3. The van der Waals surface area contributed by atoms with Gasteiger partial charge in [-0.2, -0.15) is 0 Å². The number of hydrogen-bond donors (Lipinski definition) is 0. The van der Waals surface area contributed by atoms with Gasteiger partial charge >= 0.3 is 0 Å². The average Bonchev–Trinajstić information content (AvgIpc) is 2.95. The summed E-state index contributed by atoms with van der Waals surface area (Å²) in [6.07, 6.45) is 4.05. The molecule has 0 unspecified atom stereocenters. The number of carbonyl (C=O) groups excluding carboxylic acids is 1. The Kier molecular flexibility index (Phi) is 7.21. The molecule has 0 radical (unpaired) electrons. The molecule has 4 aromatic carbocycles. The maximum atomic E-state index is 12.9. The zero-order chi connectivity index (χ0) is 23.9. The van der Waals surface area contributed by atoms with Gasteiger partial charge in [-0.25, -0.2) is 0 Å². The summed E-state index contributed by atoms with van der Waals surface area (Å²) in [6, 6.07) is 42.1. The molecule has 0 fully saturated rings. The van der Waals surface area contributed by atoms with Gasteiger partial charge in [0, 0.05) is 18.4 Å². The summed E-state index contributed by atoms with van der Waals surface area (Å²) >= 11 is 0. The van der Waals surface area contributed by atoms with E-state index in [0.29, 0.717) is 5.56 Å². The topological polar surface area (TPSA) is 26.3 Å². The number of ketones is 1. The van der Waals surface area contributed by atoms with E-state index in [2.05, 4.69) is 91.0 Å². The van der Waals surface area contributed by atoms with Gasteiger partial charge in [0.2, 0.25) is 0 Å². The molecule has 0 saturated carbocycles. The van der Waals surface area contributed by atoms with Crippen LogP contribution >= 0.6 is 7.26 Å². The Hall–Kier alpha value is -3.48. The standard InChI is InChI=1S/C32H30O2P/c33-30(26-15-5-1-6-16-26)25-34-31-23-13-14-24-32(31)35(27-17-7-2-8-18-27,28-19-9-3-10-20-28)29-21-11-4-12-22-29/h1-12,15-22H,13-14,23-25H2/q+1. The number of ether oxygens (including phenoxy) is 1. The van der Waals surface area contributed by atoms with Crippen molar-refractivity contribution in [2.75, 3.05) is 6.61 Å². The second kappa shape index (κ2) is 10.8. The maximum Gasteiger partial charge on any atom is 0.200 e. The highest BCUT2D eigenvalue weighted by atomic mass is 31.2. The predicted octanol–water partition coefficient (Wildman–Crippen LogP) is 6.67.